The first-order valence-corrected chi connectivity index (χ1v) is 8.29. The molecule has 1 amide bonds. The van der Waals surface area contributed by atoms with Crippen LogP contribution >= 0.6 is 23.2 Å². The third-order valence-electron chi connectivity index (χ3n) is 5.51. The zero-order chi connectivity index (χ0) is 14.6. The summed E-state index contributed by atoms with van der Waals surface area (Å²) in [6, 6.07) is 0. The van der Waals surface area contributed by atoms with Crippen LogP contribution in [0.5, 0.6) is 0 Å². The van der Waals surface area contributed by atoms with Gasteiger partial charge in [0.15, 0.2) is 10.3 Å². The maximum Gasteiger partial charge on any atom is 0.230 e. The van der Waals surface area contributed by atoms with Gasteiger partial charge in [-0.3, -0.25) is 4.79 Å². The average Bonchev–Trinajstić information content (AvgIpc) is 2.41. The molecule has 5 rings (SSSR count). The molecule has 0 saturated heterocycles. The van der Waals surface area contributed by atoms with Crippen molar-refractivity contribution in [3.8, 4) is 0 Å². The molecule has 1 N–H and O–H groups in total. The van der Waals surface area contributed by atoms with E-state index in [0.717, 1.165) is 37.0 Å². The number of rotatable bonds is 2. The highest BCUT2D eigenvalue weighted by Gasteiger charge is 2.54. The molecule has 4 nitrogen and oxygen atoms in total. The van der Waals surface area contributed by atoms with Crippen LogP contribution in [0.3, 0.4) is 0 Å². The largest absolute Gasteiger partial charge is 0.320 e. The summed E-state index contributed by atoms with van der Waals surface area (Å²) in [6.45, 7) is 0. The molecule has 4 saturated carbocycles. The quantitative estimate of drug-likeness (QED) is 0.838. The fourth-order valence-electron chi connectivity index (χ4n) is 5.08. The molecule has 4 fully saturated rings. The van der Waals surface area contributed by atoms with Crippen LogP contribution in [0.2, 0.25) is 10.3 Å². The standard InChI is InChI=1S/C15H17Cl2N3O/c16-12-11(13(17)19-7-18-12)20-14(21)15-4-8-1-9(5-15)3-10(2-8)6-15/h7-10H,1-6H2,(H,20,21). The maximum atomic E-state index is 12.9. The van der Waals surface area contributed by atoms with E-state index >= 15 is 0 Å². The number of nitrogens with one attached hydrogen (secondary N) is 1. The van der Waals surface area contributed by atoms with Crippen molar-refractivity contribution in [3.63, 3.8) is 0 Å². The number of hydrogen-bond acceptors (Lipinski definition) is 3. The lowest BCUT2D eigenvalue weighted by molar-refractivity contribution is -0.140. The summed E-state index contributed by atoms with van der Waals surface area (Å²) in [5.74, 6) is 2.22. The van der Waals surface area contributed by atoms with Gasteiger partial charge in [-0.05, 0) is 56.3 Å². The van der Waals surface area contributed by atoms with Gasteiger partial charge in [0.25, 0.3) is 0 Å². The van der Waals surface area contributed by atoms with E-state index in [-0.39, 0.29) is 21.6 Å². The fourth-order valence-corrected chi connectivity index (χ4v) is 5.49. The molecule has 0 atom stereocenters. The Balaban J connectivity index is 1.60. The third kappa shape index (κ3) is 2.23. The summed E-state index contributed by atoms with van der Waals surface area (Å²) in [4.78, 5) is 20.7. The molecule has 4 bridgehead atoms. The lowest BCUT2D eigenvalue weighted by Crippen LogP contribution is -2.51. The van der Waals surface area contributed by atoms with E-state index in [1.54, 1.807) is 0 Å². The first-order valence-electron chi connectivity index (χ1n) is 7.53. The summed E-state index contributed by atoms with van der Waals surface area (Å²) in [5.41, 5.74) is 0.124. The first-order chi connectivity index (χ1) is 10.1. The maximum absolute atomic E-state index is 12.9. The molecule has 0 aliphatic heterocycles. The summed E-state index contributed by atoms with van der Waals surface area (Å²) in [6.07, 6.45) is 8.24. The minimum atomic E-state index is -0.225. The minimum absolute atomic E-state index is 0.0557. The van der Waals surface area contributed by atoms with Crippen molar-refractivity contribution >= 4 is 34.8 Å². The molecule has 0 aromatic carbocycles. The van der Waals surface area contributed by atoms with Crippen LogP contribution in [-0.4, -0.2) is 15.9 Å². The Morgan fingerprint density at radius 2 is 1.52 bits per heavy atom. The van der Waals surface area contributed by atoms with Gasteiger partial charge in [-0.25, -0.2) is 9.97 Å². The SMILES string of the molecule is O=C(Nc1c(Cl)ncnc1Cl)C12CC3CC(CC(C3)C1)C2. The van der Waals surface area contributed by atoms with Crippen molar-refractivity contribution in [2.75, 3.05) is 5.32 Å². The van der Waals surface area contributed by atoms with Crippen LogP contribution in [0.15, 0.2) is 6.33 Å². The average molecular weight is 326 g/mol. The van der Waals surface area contributed by atoms with E-state index in [9.17, 15) is 4.79 Å². The zero-order valence-corrected chi connectivity index (χ0v) is 13.1. The van der Waals surface area contributed by atoms with Crippen molar-refractivity contribution in [1.29, 1.82) is 0 Å². The van der Waals surface area contributed by atoms with Gasteiger partial charge in [0.2, 0.25) is 5.91 Å². The molecule has 4 aliphatic carbocycles. The van der Waals surface area contributed by atoms with Crippen LogP contribution in [0.4, 0.5) is 5.69 Å². The fraction of sp³-hybridized carbons (Fsp3) is 0.667. The number of aromatic nitrogens is 2. The number of anilines is 1. The second-order valence-electron chi connectivity index (χ2n) is 6.98. The molecule has 6 heteroatoms. The summed E-state index contributed by atoms with van der Waals surface area (Å²) >= 11 is 12.1. The highest BCUT2D eigenvalue weighted by molar-refractivity contribution is 6.38. The van der Waals surface area contributed by atoms with Crippen LogP contribution in [0.25, 0.3) is 0 Å². The summed E-state index contributed by atoms with van der Waals surface area (Å²) < 4.78 is 0. The van der Waals surface area contributed by atoms with Gasteiger partial charge in [-0.2, -0.15) is 0 Å². The van der Waals surface area contributed by atoms with Crippen LogP contribution in [0, 0.1) is 23.2 Å². The highest BCUT2D eigenvalue weighted by atomic mass is 35.5. The molecule has 112 valence electrons. The predicted octanol–water partition coefficient (Wildman–Crippen LogP) is 3.94. The van der Waals surface area contributed by atoms with E-state index in [4.69, 9.17) is 23.2 Å². The Kier molecular flexibility index (Phi) is 3.16. The topological polar surface area (TPSA) is 54.9 Å². The van der Waals surface area contributed by atoms with Crippen LogP contribution in [0.1, 0.15) is 38.5 Å². The third-order valence-corrected chi connectivity index (χ3v) is 6.09. The Labute approximate surface area is 133 Å². The Morgan fingerprint density at radius 1 is 1.05 bits per heavy atom. The minimum Gasteiger partial charge on any atom is -0.320 e. The molecule has 0 radical (unpaired) electrons. The van der Waals surface area contributed by atoms with Gasteiger partial charge >= 0.3 is 0 Å². The lowest BCUT2D eigenvalue weighted by atomic mass is 9.49. The zero-order valence-electron chi connectivity index (χ0n) is 11.6. The first kappa shape index (κ1) is 13.8. The number of carbonyl (C=O) groups excluding carboxylic acids is 1. The Morgan fingerprint density at radius 3 is 2.00 bits per heavy atom. The summed E-state index contributed by atoms with van der Waals surface area (Å²) in [5, 5.41) is 3.31. The molecule has 21 heavy (non-hydrogen) atoms. The van der Waals surface area contributed by atoms with Gasteiger partial charge in [-0.15, -0.1) is 0 Å². The molecule has 1 aromatic rings. The number of nitrogens with zero attached hydrogens (tertiary/aromatic N) is 2. The van der Waals surface area contributed by atoms with Crippen molar-refractivity contribution in [2.45, 2.75) is 38.5 Å². The van der Waals surface area contributed by atoms with Gasteiger partial charge in [0, 0.05) is 0 Å². The van der Waals surface area contributed by atoms with Gasteiger partial charge in [-0.1, -0.05) is 23.2 Å². The van der Waals surface area contributed by atoms with Gasteiger partial charge in [0.05, 0.1) is 5.41 Å². The molecule has 0 unspecified atom stereocenters. The van der Waals surface area contributed by atoms with Crippen molar-refractivity contribution in [2.24, 2.45) is 23.2 Å². The summed E-state index contributed by atoms with van der Waals surface area (Å²) in [7, 11) is 0. The van der Waals surface area contributed by atoms with Gasteiger partial charge in [0.1, 0.15) is 12.0 Å². The molecular formula is C15H17Cl2N3O. The Bertz CT molecular complexity index is 549. The normalized spacial score (nSPS) is 36.8. The van der Waals surface area contributed by atoms with E-state index in [2.05, 4.69) is 15.3 Å². The van der Waals surface area contributed by atoms with Crippen molar-refractivity contribution < 1.29 is 4.79 Å². The second kappa shape index (κ2) is 4.82. The highest BCUT2D eigenvalue weighted by Crippen LogP contribution is 2.60. The monoisotopic (exact) mass is 325 g/mol. The number of amides is 1. The van der Waals surface area contributed by atoms with Crippen molar-refractivity contribution in [3.05, 3.63) is 16.6 Å². The van der Waals surface area contributed by atoms with E-state index in [1.807, 2.05) is 0 Å². The molecule has 1 aromatic heterocycles. The number of carbonyl (C=O) groups is 1. The van der Waals surface area contributed by atoms with Crippen LogP contribution < -0.4 is 5.32 Å². The smallest absolute Gasteiger partial charge is 0.230 e. The van der Waals surface area contributed by atoms with Crippen molar-refractivity contribution in [1.82, 2.24) is 9.97 Å². The van der Waals surface area contributed by atoms with E-state index < -0.39 is 0 Å². The van der Waals surface area contributed by atoms with Gasteiger partial charge < -0.3 is 5.32 Å². The van der Waals surface area contributed by atoms with E-state index in [1.165, 1.54) is 25.6 Å². The van der Waals surface area contributed by atoms with Crippen LogP contribution in [-0.2, 0) is 4.79 Å². The second-order valence-corrected chi connectivity index (χ2v) is 7.70. The Hall–Kier alpha value is -0.870. The molecular weight excluding hydrogens is 309 g/mol. The number of halogens is 2. The molecule has 1 heterocycles. The van der Waals surface area contributed by atoms with E-state index in [0.29, 0.717) is 5.69 Å². The lowest BCUT2D eigenvalue weighted by Gasteiger charge is -2.55. The molecule has 4 aliphatic rings. The number of hydrogen-bond donors (Lipinski definition) is 1. The molecule has 0 spiro atoms. The predicted molar refractivity (Wildman–Crippen MR) is 81.3 cm³/mol.